The predicted molar refractivity (Wildman–Crippen MR) is 99.1 cm³/mol. The molecule has 1 atom stereocenters. The Hall–Kier alpha value is -3.09. The monoisotopic (exact) mass is 366 g/mol. The smallest absolute Gasteiger partial charge is 0.257 e. The lowest BCUT2D eigenvalue weighted by Crippen LogP contribution is -2.30. The Morgan fingerprint density at radius 2 is 2.11 bits per heavy atom. The van der Waals surface area contributed by atoms with Crippen molar-refractivity contribution in [1.82, 2.24) is 19.8 Å². The SMILES string of the molecule is COc1ccccc1-n1cc(C(=O)N2CCC[C@H]2c2c(C)noc2C)cn1. The van der Waals surface area contributed by atoms with E-state index in [4.69, 9.17) is 9.26 Å². The summed E-state index contributed by atoms with van der Waals surface area (Å²) in [6.07, 6.45) is 5.23. The molecule has 27 heavy (non-hydrogen) atoms. The van der Waals surface area contributed by atoms with Gasteiger partial charge in [-0.1, -0.05) is 17.3 Å². The maximum Gasteiger partial charge on any atom is 0.257 e. The molecule has 1 aliphatic heterocycles. The van der Waals surface area contributed by atoms with Gasteiger partial charge in [-0.3, -0.25) is 4.79 Å². The van der Waals surface area contributed by atoms with E-state index >= 15 is 0 Å². The molecule has 1 aliphatic rings. The van der Waals surface area contributed by atoms with Crippen LogP contribution in [0.25, 0.3) is 5.69 Å². The zero-order chi connectivity index (χ0) is 19.0. The number of hydrogen-bond donors (Lipinski definition) is 0. The van der Waals surface area contributed by atoms with Gasteiger partial charge in [-0.2, -0.15) is 5.10 Å². The fourth-order valence-corrected chi connectivity index (χ4v) is 3.83. The molecule has 7 heteroatoms. The maximum atomic E-state index is 13.2. The van der Waals surface area contributed by atoms with E-state index in [1.807, 2.05) is 43.0 Å². The number of benzene rings is 1. The number of nitrogens with zero attached hydrogens (tertiary/aromatic N) is 4. The van der Waals surface area contributed by atoms with Gasteiger partial charge in [-0.05, 0) is 38.8 Å². The molecule has 0 saturated carbocycles. The van der Waals surface area contributed by atoms with E-state index < -0.39 is 0 Å². The van der Waals surface area contributed by atoms with E-state index in [2.05, 4.69) is 10.3 Å². The van der Waals surface area contributed by atoms with Crippen LogP contribution in [0.2, 0.25) is 0 Å². The summed E-state index contributed by atoms with van der Waals surface area (Å²) in [5.74, 6) is 1.45. The third-order valence-electron chi connectivity index (χ3n) is 5.10. The van der Waals surface area contributed by atoms with Crippen LogP contribution in [-0.4, -0.2) is 39.4 Å². The van der Waals surface area contributed by atoms with Crippen LogP contribution in [0.15, 0.2) is 41.2 Å². The largest absolute Gasteiger partial charge is 0.494 e. The number of para-hydroxylation sites is 2. The number of amides is 1. The lowest BCUT2D eigenvalue weighted by atomic mass is 10.0. The molecule has 0 aliphatic carbocycles. The number of likely N-dealkylation sites (tertiary alicyclic amines) is 1. The Labute approximate surface area is 157 Å². The first kappa shape index (κ1) is 17.3. The number of carbonyl (C=O) groups is 1. The Morgan fingerprint density at radius 3 is 2.85 bits per heavy atom. The molecule has 140 valence electrons. The fourth-order valence-electron chi connectivity index (χ4n) is 3.83. The molecule has 3 heterocycles. The second kappa shape index (κ2) is 6.90. The van der Waals surface area contributed by atoms with Gasteiger partial charge in [0.15, 0.2) is 0 Å². The molecule has 4 rings (SSSR count). The van der Waals surface area contributed by atoms with E-state index in [0.29, 0.717) is 17.9 Å². The Bertz CT molecular complexity index is 956. The molecule has 3 aromatic rings. The lowest BCUT2D eigenvalue weighted by Gasteiger charge is -2.24. The van der Waals surface area contributed by atoms with Crippen molar-refractivity contribution < 1.29 is 14.1 Å². The first-order valence-corrected chi connectivity index (χ1v) is 9.02. The highest BCUT2D eigenvalue weighted by Gasteiger charge is 2.34. The van der Waals surface area contributed by atoms with Crippen molar-refractivity contribution in [2.24, 2.45) is 0 Å². The summed E-state index contributed by atoms with van der Waals surface area (Å²) < 4.78 is 12.4. The number of aromatic nitrogens is 3. The van der Waals surface area contributed by atoms with Crippen molar-refractivity contribution in [3.63, 3.8) is 0 Å². The zero-order valence-corrected chi connectivity index (χ0v) is 15.7. The summed E-state index contributed by atoms with van der Waals surface area (Å²) in [7, 11) is 1.62. The molecule has 0 spiro atoms. The number of hydrogen-bond acceptors (Lipinski definition) is 5. The Morgan fingerprint density at radius 1 is 1.30 bits per heavy atom. The Kier molecular flexibility index (Phi) is 4.43. The minimum absolute atomic E-state index is 0.00152. The van der Waals surface area contributed by atoms with Crippen LogP contribution < -0.4 is 4.74 Å². The van der Waals surface area contributed by atoms with Gasteiger partial charge in [0.1, 0.15) is 17.2 Å². The van der Waals surface area contributed by atoms with Crippen LogP contribution in [0.5, 0.6) is 5.75 Å². The molecule has 0 N–H and O–H groups in total. The number of methoxy groups -OCH3 is 1. The van der Waals surface area contributed by atoms with E-state index in [1.54, 1.807) is 24.2 Å². The zero-order valence-electron chi connectivity index (χ0n) is 15.7. The molecule has 1 fully saturated rings. The van der Waals surface area contributed by atoms with E-state index in [0.717, 1.165) is 35.5 Å². The average Bonchev–Trinajstić information content (AvgIpc) is 3.41. The van der Waals surface area contributed by atoms with Crippen LogP contribution >= 0.6 is 0 Å². The van der Waals surface area contributed by atoms with Crippen LogP contribution in [0.4, 0.5) is 0 Å². The standard InChI is InChI=1S/C20H22N4O3/c1-13-19(14(2)27-22-13)17-8-6-10-23(17)20(25)15-11-21-24(12-15)16-7-4-5-9-18(16)26-3/h4-5,7,9,11-12,17H,6,8,10H2,1-3H3/t17-/m0/s1. The predicted octanol–water partition coefficient (Wildman–Crippen LogP) is 3.46. The minimum atomic E-state index is -0.0290. The van der Waals surface area contributed by atoms with Crippen LogP contribution in [0.1, 0.15) is 46.3 Å². The average molecular weight is 366 g/mol. The lowest BCUT2D eigenvalue weighted by molar-refractivity contribution is 0.0734. The molecule has 0 bridgehead atoms. The summed E-state index contributed by atoms with van der Waals surface area (Å²) in [5.41, 5.74) is 3.22. The fraction of sp³-hybridized carbons (Fsp3) is 0.350. The summed E-state index contributed by atoms with van der Waals surface area (Å²) >= 11 is 0. The topological polar surface area (TPSA) is 73.4 Å². The van der Waals surface area contributed by atoms with Gasteiger partial charge in [-0.15, -0.1) is 0 Å². The second-order valence-corrected chi connectivity index (χ2v) is 6.74. The number of carbonyl (C=O) groups excluding carboxylic acids is 1. The molecular weight excluding hydrogens is 344 g/mol. The molecular formula is C20H22N4O3. The quantitative estimate of drug-likeness (QED) is 0.707. The molecule has 1 aromatic carbocycles. The summed E-state index contributed by atoms with van der Waals surface area (Å²) in [4.78, 5) is 15.1. The van der Waals surface area contributed by atoms with Gasteiger partial charge in [0.25, 0.3) is 5.91 Å². The molecule has 0 unspecified atom stereocenters. The maximum absolute atomic E-state index is 13.2. The molecule has 0 radical (unpaired) electrons. The molecule has 1 amide bonds. The third kappa shape index (κ3) is 2.99. The van der Waals surface area contributed by atoms with E-state index in [9.17, 15) is 4.79 Å². The van der Waals surface area contributed by atoms with Gasteiger partial charge in [0.05, 0.1) is 30.6 Å². The normalized spacial score (nSPS) is 16.7. The van der Waals surface area contributed by atoms with Crippen molar-refractivity contribution in [1.29, 1.82) is 0 Å². The van der Waals surface area contributed by atoms with E-state index in [1.165, 1.54) is 0 Å². The van der Waals surface area contributed by atoms with Gasteiger partial charge < -0.3 is 14.2 Å². The van der Waals surface area contributed by atoms with Crippen LogP contribution in [0.3, 0.4) is 0 Å². The minimum Gasteiger partial charge on any atom is -0.494 e. The number of ether oxygens (including phenoxy) is 1. The highest BCUT2D eigenvalue weighted by Crippen LogP contribution is 2.36. The van der Waals surface area contributed by atoms with E-state index in [-0.39, 0.29) is 11.9 Å². The van der Waals surface area contributed by atoms with Gasteiger partial charge in [0.2, 0.25) is 0 Å². The van der Waals surface area contributed by atoms with Crippen molar-refractivity contribution in [3.8, 4) is 11.4 Å². The highest BCUT2D eigenvalue weighted by molar-refractivity contribution is 5.94. The second-order valence-electron chi connectivity index (χ2n) is 6.74. The van der Waals surface area contributed by atoms with Gasteiger partial charge in [-0.25, -0.2) is 4.68 Å². The first-order chi connectivity index (χ1) is 13.1. The van der Waals surface area contributed by atoms with Crippen molar-refractivity contribution >= 4 is 5.91 Å². The number of aryl methyl sites for hydroxylation is 2. The van der Waals surface area contributed by atoms with Crippen molar-refractivity contribution in [2.75, 3.05) is 13.7 Å². The van der Waals surface area contributed by atoms with Gasteiger partial charge in [0, 0.05) is 18.3 Å². The number of rotatable bonds is 4. The Balaban J connectivity index is 1.63. The summed E-state index contributed by atoms with van der Waals surface area (Å²) in [5, 5.41) is 8.42. The van der Waals surface area contributed by atoms with Gasteiger partial charge >= 0.3 is 0 Å². The molecule has 2 aromatic heterocycles. The van der Waals surface area contributed by atoms with Crippen molar-refractivity contribution in [2.45, 2.75) is 32.7 Å². The van der Waals surface area contributed by atoms with Crippen molar-refractivity contribution in [3.05, 3.63) is 59.2 Å². The van der Waals surface area contributed by atoms with Crippen LogP contribution in [0, 0.1) is 13.8 Å². The molecule has 1 saturated heterocycles. The van der Waals surface area contributed by atoms with Crippen LogP contribution in [-0.2, 0) is 0 Å². The first-order valence-electron chi connectivity index (χ1n) is 9.02. The molecule has 7 nitrogen and oxygen atoms in total. The summed E-state index contributed by atoms with van der Waals surface area (Å²) in [6.45, 7) is 4.54. The highest BCUT2D eigenvalue weighted by atomic mass is 16.5. The third-order valence-corrected chi connectivity index (χ3v) is 5.10. The summed E-state index contributed by atoms with van der Waals surface area (Å²) in [6, 6.07) is 7.58.